The van der Waals surface area contributed by atoms with E-state index >= 15 is 0 Å². The highest BCUT2D eigenvalue weighted by Crippen LogP contribution is 2.14. The average Bonchev–Trinajstić information content (AvgIpc) is 2.75. The van der Waals surface area contributed by atoms with Crippen LogP contribution in [-0.2, 0) is 6.54 Å². The van der Waals surface area contributed by atoms with Gasteiger partial charge in [-0.15, -0.1) is 0 Å². The summed E-state index contributed by atoms with van der Waals surface area (Å²) in [7, 11) is 0. The molecule has 2 aromatic rings. The van der Waals surface area contributed by atoms with Crippen molar-refractivity contribution in [2.45, 2.75) is 34.2 Å². The molecule has 1 aromatic carbocycles. The third kappa shape index (κ3) is 3.26. The van der Waals surface area contributed by atoms with Crippen LogP contribution < -0.4 is 5.32 Å². The van der Waals surface area contributed by atoms with E-state index in [4.69, 9.17) is 0 Å². The predicted molar refractivity (Wildman–Crippen MR) is 80.9 cm³/mol. The molecule has 0 unspecified atom stereocenters. The first-order chi connectivity index (χ1) is 9.47. The molecule has 1 N–H and O–H groups in total. The van der Waals surface area contributed by atoms with E-state index in [2.05, 4.69) is 24.3 Å². The second kappa shape index (κ2) is 5.90. The standard InChI is InChI=1S/C16H21N3O/c1-11(2)10-19-15(7-8-17-19)18-16(20)14-6-5-12(3)9-13(14)4/h5-9,11H,10H2,1-4H3,(H,18,20). The van der Waals surface area contributed by atoms with Crippen LogP contribution in [0.2, 0.25) is 0 Å². The van der Waals surface area contributed by atoms with Gasteiger partial charge in [-0.3, -0.25) is 4.79 Å². The lowest BCUT2D eigenvalue weighted by Gasteiger charge is -2.12. The number of aryl methyl sites for hydroxylation is 2. The van der Waals surface area contributed by atoms with Crippen molar-refractivity contribution in [3.05, 3.63) is 47.2 Å². The summed E-state index contributed by atoms with van der Waals surface area (Å²) < 4.78 is 1.83. The topological polar surface area (TPSA) is 46.9 Å². The fourth-order valence-corrected chi connectivity index (χ4v) is 2.18. The van der Waals surface area contributed by atoms with E-state index in [-0.39, 0.29) is 5.91 Å². The largest absolute Gasteiger partial charge is 0.307 e. The molecule has 0 aliphatic carbocycles. The molecule has 4 nitrogen and oxygen atoms in total. The maximum atomic E-state index is 12.3. The van der Waals surface area contributed by atoms with Gasteiger partial charge in [-0.1, -0.05) is 31.5 Å². The van der Waals surface area contributed by atoms with E-state index in [0.29, 0.717) is 11.5 Å². The molecule has 0 saturated carbocycles. The first-order valence-corrected chi connectivity index (χ1v) is 6.88. The first kappa shape index (κ1) is 14.3. The second-order valence-electron chi connectivity index (χ2n) is 5.56. The Morgan fingerprint density at radius 3 is 2.70 bits per heavy atom. The minimum absolute atomic E-state index is 0.0898. The molecular formula is C16H21N3O. The lowest BCUT2D eigenvalue weighted by Crippen LogP contribution is -2.18. The van der Waals surface area contributed by atoms with Crippen LogP contribution in [0.3, 0.4) is 0 Å². The smallest absolute Gasteiger partial charge is 0.257 e. The number of hydrogen-bond acceptors (Lipinski definition) is 2. The fraction of sp³-hybridized carbons (Fsp3) is 0.375. The van der Waals surface area contributed by atoms with Gasteiger partial charge in [-0.05, 0) is 31.4 Å². The van der Waals surface area contributed by atoms with Gasteiger partial charge in [-0.2, -0.15) is 5.10 Å². The fourth-order valence-electron chi connectivity index (χ4n) is 2.18. The zero-order valence-corrected chi connectivity index (χ0v) is 12.5. The number of rotatable bonds is 4. The number of hydrogen-bond donors (Lipinski definition) is 1. The van der Waals surface area contributed by atoms with Crippen LogP contribution in [0.15, 0.2) is 30.5 Å². The highest BCUT2D eigenvalue weighted by molar-refractivity contribution is 6.04. The molecule has 0 fully saturated rings. The van der Waals surface area contributed by atoms with Crippen LogP contribution in [0.5, 0.6) is 0 Å². The number of anilines is 1. The summed E-state index contributed by atoms with van der Waals surface area (Å²) >= 11 is 0. The summed E-state index contributed by atoms with van der Waals surface area (Å²) in [4.78, 5) is 12.3. The van der Waals surface area contributed by atoms with Gasteiger partial charge in [0.25, 0.3) is 5.91 Å². The highest BCUT2D eigenvalue weighted by Gasteiger charge is 2.12. The Bertz CT molecular complexity index is 614. The van der Waals surface area contributed by atoms with Crippen LogP contribution in [0.1, 0.15) is 35.3 Å². The Balaban J connectivity index is 2.17. The number of benzene rings is 1. The molecule has 0 radical (unpaired) electrons. The van der Waals surface area contributed by atoms with Gasteiger partial charge in [-0.25, -0.2) is 4.68 Å². The molecule has 0 aliphatic rings. The van der Waals surface area contributed by atoms with Crippen molar-refractivity contribution in [2.75, 3.05) is 5.32 Å². The summed E-state index contributed by atoms with van der Waals surface area (Å²) in [6, 6.07) is 7.65. The summed E-state index contributed by atoms with van der Waals surface area (Å²) in [5.74, 6) is 1.13. The molecular weight excluding hydrogens is 250 g/mol. The summed E-state index contributed by atoms with van der Waals surface area (Å²) in [5, 5.41) is 7.18. The van der Waals surface area contributed by atoms with E-state index in [1.807, 2.05) is 42.8 Å². The van der Waals surface area contributed by atoms with Crippen LogP contribution in [0.4, 0.5) is 5.82 Å². The lowest BCUT2D eigenvalue weighted by atomic mass is 10.1. The number of nitrogens with zero attached hydrogens (tertiary/aromatic N) is 2. The van der Waals surface area contributed by atoms with Crippen molar-refractivity contribution >= 4 is 11.7 Å². The van der Waals surface area contributed by atoms with Crippen LogP contribution in [0.25, 0.3) is 0 Å². The maximum Gasteiger partial charge on any atom is 0.257 e. The van der Waals surface area contributed by atoms with Crippen molar-refractivity contribution in [3.8, 4) is 0 Å². The summed E-state index contributed by atoms with van der Waals surface area (Å²) in [5.41, 5.74) is 2.84. The molecule has 2 rings (SSSR count). The molecule has 1 heterocycles. The minimum Gasteiger partial charge on any atom is -0.307 e. The van der Waals surface area contributed by atoms with Gasteiger partial charge >= 0.3 is 0 Å². The Hall–Kier alpha value is -2.10. The molecule has 0 spiro atoms. The van der Waals surface area contributed by atoms with Crippen LogP contribution in [0, 0.1) is 19.8 Å². The predicted octanol–water partition coefficient (Wildman–Crippen LogP) is 3.41. The second-order valence-corrected chi connectivity index (χ2v) is 5.56. The molecule has 1 amide bonds. The van der Waals surface area contributed by atoms with Gasteiger partial charge < -0.3 is 5.32 Å². The summed E-state index contributed by atoms with van der Waals surface area (Å²) in [6.45, 7) is 9.00. The number of aromatic nitrogens is 2. The van der Waals surface area contributed by atoms with E-state index in [1.165, 1.54) is 0 Å². The van der Waals surface area contributed by atoms with Crippen LogP contribution >= 0.6 is 0 Å². The first-order valence-electron chi connectivity index (χ1n) is 6.88. The van der Waals surface area contributed by atoms with Crippen molar-refractivity contribution in [1.82, 2.24) is 9.78 Å². The quantitative estimate of drug-likeness (QED) is 0.926. The molecule has 0 bridgehead atoms. The van der Waals surface area contributed by atoms with E-state index in [0.717, 1.165) is 23.5 Å². The molecule has 0 aliphatic heterocycles. The average molecular weight is 271 g/mol. The van der Waals surface area contributed by atoms with Crippen molar-refractivity contribution in [2.24, 2.45) is 5.92 Å². The Labute approximate surface area is 119 Å². The Morgan fingerprint density at radius 1 is 1.30 bits per heavy atom. The van der Waals surface area contributed by atoms with Gasteiger partial charge in [0.15, 0.2) is 0 Å². The van der Waals surface area contributed by atoms with E-state index < -0.39 is 0 Å². The van der Waals surface area contributed by atoms with E-state index in [9.17, 15) is 4.79 Å². The zero-order valence-electron chi connectivity index (χ0n) is 12.5. The zero-order chi connectivity index (χ0) is 14.7. The molecule has 0 atom stereocenters. The van der Waals surface area contributed by atoms with E-state index in [1.54, 1.807) is 6.20 Å². The number of amides is 1. The third-order valence-corrected chi connectivity index (χ3v) is 3.12. The monoisotopic (exact) mass is 271 g/mol. The van der Waals surface area contributed by atoms with Crippen molar-refractivity contribution < 1.29 is 4.79 Å². The van der Waals surface area contributed by atoms with Crippen molar-refractivity contribution in [3.63, 3.8) is 0 Å². The minimum atomic E-state index is -0.0898. The van der Waals surface area contributed by atoms with Crippen molar-refractivity contribution in [1.29, 1.82) is 0 Å². The lowest BCUT2D eigenvalue weighted by molar-refractivity contribution is 0.102. The Kier molecular flexibility index (Phi) is 4.23. The number of carbonyl (C=O) groups excluding carboxylic acids is 1. The van der Waals surface area contributed by atoms with Gasteiger partial charge in [0, 0.05) is 18.2 Å². The van der Waals surface area contributed by atoms with Crippen LogP contribution in [-0.4, -0.2) is 15.7 Å². The molecule has 0 saturated heterocycles. The highest BCUT2D eigenvalue weighted by atomic mass is 16.1. The molecule has 4 heteroatoms. The molecule has 106 valence electrons. The normalized spacial score (nSPS) is 10.8. The SMILES string of the molecule is Cc1ccc(C(=O)Nc2ccnn2CC(C)C)c(C)c1. The third-order valence-electron chi connectivity index (χ3n) is 3.12. The van der Waals surface area contributed by atoms with Gasteiger partial charge in [0.1, 0.15) is 5.82 Å². The number of carbonyl (C=O) groups is 1. The maximum absolute atomic E-state index is 12.3. The molecule has 1 aromatic heterocycles. The Morgan fingerprint density at radius 2 is 2.05 bits per heavy atom. The molecule has 20 heavy (non-hydrogen) atoms. The van der Waals surface area contributed by atoms with Gasteiger partial charge in [0.05, 0.1) is 6.20 Å². The number of nitrogens with one attached hydrogen (secondary N) is 1. The summed E-state index contributed by atoms with van der Waals surface area (Å²) in [6.07, 6.45) is 1.71. The van der Waals surface area contributed by atoms with Gasteiger partial charge in [0.2, 0.25) is 0 Å².